The third-order valence-electron chi connectivity index (χ3n) is 1.43. The number of aromatic nitrogens is 2. The normalized spacial score (nSPS) is 11.0. The molecule has 1 rings (SSSR count). The second-order valence-corrected chi connectivity index (χ2v) is 4.30. The Morgan fingerprint density at radius 2 is 2.29 bits per heavy atom. The van der Waals surface area contributed by atoms with Gasteiger partial charge in [0.2, 0.25) is 10.0 Å². The molecule has 0 bridgehead atoms. The maximum absolute atomic E-state index is 11.4. The maximum atomic E-state index is 11.4. The molecule has 1 heterocycles. The van der Waals surface area contributed by atoms with Crippen LogP contribution in [0.1, 0.15) is 0 Å². The van der Waals surface area contributed by atoms with E-state index in [2.05, 4.69) is 9.82 Å². The van der Waals surface area contributed by atoms with Crippen molar-refractivity contribution in [3.05, 3.63) is 12.4 Å². The molecule has 0 radical (unpaired) electrons. The second kappa shape index (κ2) is 5.30. The van der Waals surface area contributed by atoms with Gasteiger partial charge >= 0.3 is 0 Å². The van der Waals surface area contributed by atoms with Crippen LogP contribution in [0.15, 0.2) is 17.3 Å². The maximum Gasteiger partial charge on any atom is 0.243 e. The van der Waals surface area contributed by atoms with E-state index in [0.29, 0.717) is 0 Å². The average molecular weight is 241 g/mol. The molecule has 0 aliphatic rings. The van der Waals surface area contributed by atoms with Gasteiger partial charge in [-0.05, 0) is 0 Å². The smallest absolute Gasteiger partial charge is 0.243 e. The molecule has 0 amide bonds. The molecule has 6 nitrogen and oxygen atoms in total. The lowest BCUT2D eigenvalue weighted by Crippen LogP contribution is -2.28. The molecule has 8 heteroatoms. The van der Waals surface area contributed by atoms with Crippen molar-refractivity contribution in [1.29, 1.82) is 0 Å². The van der Waals surface area contributed by atoms with Crippen LogP contribution in [0.25, 0.3) is 0 Å². The zero-order valence-electron chi connectivity index (χ0n) is 7.67. The molecule has 0 aromatic carbocycles. The first-order valence-electron chi connectivity index (χ1n) is 3.74. The highest BCUT2D eigenvalue weighted by atomic mass is 35.5. The number of halogens is 1. The van der Waals surface area contributed by atoms with Gasteiger partial charge in [0.15, 0.2) is 0 Å². The minimum atomic E-state index is -3.41. The topological polar surface area (TPSA) is 90.0 Å². The number of nitrogens with one attached hydrogen (secondary N) is 1. The molecule has 0 saturated carbocycles. The van der Waals surface area contributed by atoms with Gasteiger partial charge in [-0.25, -0.2) is 13.1 Å². The van der Waals surface area contributed by atoms with Gasteiger partial charge in [-0.1, -0.05) is 0 Å². The molecule has 1 aromatic heterocycles. The Balaban J connectivity index is 0.00000169. The summed E-state index contributed by atoms with van der Waals surface area (Å²) in [5.74, 6) is 0. The number of nitrogens with two attached hydrogens (primary N) is 1. The number of hydrogen-bond acceptors (Lipinski definition) is 4. The van der Waals surface area contributed by atoms with E-state index < -0.39 is 10.0 Å². The van der Waals surface area contributed by atoms with Crippen LogP contribution in [0, 0.1) is 0 Å². The third-order valence-corrected chi connectivity index (χ3v) is 2.84. The molecule has 0 aliphatic heterocycles. The van der Waals surface area contributed by atoms with Gasteiger partial charge in [0, 0.05) is 26.3 Å². The molecule has 14 heavy (non-hydrogen) atoms. The minimum Gasteiger partial charge on any atom is -0.329 e. The fourth-order valence-corrected chi connectivity index (χ4v) is 1.84. The van der Waals surface area contributed by atoms with Crippen LogP contribution in [0.3, 0.4) is 0 Å². The van der Waals surface area contributed by atoms with Crippen molar-refractivity contribution in [3.63, 3.8) is 0 Å². The highest BCUT2D eigenvalue weighted by molar-refractivity contribution is 7.89. The van der Waals surface area contributed by atoms with Crippen LogP contribution < -0.4 is 10.5 Å². The summed E-state index contributed by atoms with van der Waals surface area (Å²) in [6, 6.07) is 0. The standard InChI is InChI=1S/C6H12N4O2S.ClH/c1-10-5-6(4-8-10)13(11,12)9-3-2-7;/h4-5,9H,2-3,7H2,1H3;1H. The van der Waals surface area contributed by atoms with Gasteiger partial charge in [-0.2, -0.15) is 5.10 Å². The zero-order chi connectivity index (χ0) is 9.90. The number of nitrogens with zero attached hydrogens (tertiary/aromatic N) is 2. The Kier molecular flexibility index (Phi) is 5.06. The summed E-state index contributed by atoms with van der Waals surface area (Å²) in [6.45, 7) is 0.511. The van der Waals surface area contributed by atoms with Gasteiger partial charge in [-0.3, -0.25) is 4.68 Å². The van der Waals surface area contributed by atoms with E-state index in [0.717, 1.165) is 0 Å². The van der Waals surface area contributed by atoms with E-state index in [9.17, 15) is 8.42 Å². The van der Waals surface area contributed by atoms with Crippen LogP contribution in [-0.4, -0.2) is 31.3 Å². The number of sulfonamides is 1. The summed E-state index contributed by atoms with van der Waals surface area (Å²) < 4.78 is 26.5. The fraction of sp³-hybridized carbons (Fsp3) is 0.500. The van der Waals surface area contributed by atoms with Crippen LogP contribution in [0.4, 0.5) is 0 Å². The van der Waals surface area contributed by atoms with Gasteiger partial charge < -0.3 is 5.73 Å². The Morgan fingerprint density at radius 3 is 2.71 bits per heavy atom. The average Bonchev–Trinajstić information content (AvgIpc) is 2.49. The largest absolute Gasteiger partial charge is 0.329 e. The molecule has 0 unspecified atom stereocenters. The number of aryl methyl sites for hydroxylation is 1. The van der Waals surface area contributed by atoms with Crippen molar-refractivity contribution in [3.8, 4) is 0 Å². The summed E-state index contributed by atoms with van der Waals surface area (Å²) in [5.41, 5.74) is 5.17. The highest BCUT2D eigenvalue weighted by Gasteiger charge is 2.14. The third kappa shape index (κ3) is 3.26. The Morgan fingerprint density at radius 1 is 1.64 bits per heavy atom. The SMILES string of the molecule is Cl.Cn1cc(S(=O)(=O)NCCN)cn1. The monoisotopic (exact) mass is 240 g/mol. The quantitative estimate of drug-likeness (QED) is 0.712. The molecule has 3 N–H and O–H groups in total. The first-order chi connectivity index (χ1) is 6.06. The molecule has 0 saturated heterocycles. The van der Waals surface area contributed by atoms with Crippen molar-refractivity contribution >= 4 is 22.4 Å². The molecule has 1 aromatic rings. The van der Waals surface area contributed by atoms with Crippen LogP contribution in [-0.2, 0) is 17.1 Å². The van der Waals surface area contributed by atoms with Crippen molar-refractivity contribution in [2.75, 3.05) is 13.1 Å². The van der Waals surface area contributed by atoms with E-state index in [1.54, 1.807) is 7.05 Å². The Bertz CT molecular complexity index is 375. The number of hydrogen-bond donors (Lipinski definition) is 2. The first kappa shape index (κ1) is 13.4. The lowest BCUT2D eigenvalue weighted by atomic mass is 10.7. The highest BCUT2D eigenvalue weighted by Crippen LogP contribution is 2.04. The molecule has 0 fully saturated rings. The van der Waals surface area contributed by atoms with E-state index in [1.807, 2.05) is 0 Å². The summed E-state index contributed by atoms with van der Waals surface area (Å²) in [4.78, 5) is 0.156. The van der Waals surface area contributed by atoms with Crippen molar-refractivity contribution in [1.82, 2.24) is 14.5 Å². The predicted octanol–water partition coefficient (Wildman–Crippen LogP) is -0.921. The molecule has 0 atom stereocenters. The van der Waals surface area contributed by atoms with Crippen LogP contribution in [0.2, 0.25) is 0 Å². The van der Waals surface area contributed by atoms with Gasteiger partial charge in [0.05, 0.1) is 6.20 Å². The summed E-state index contributed by atoms with van der Waals surface area (Å²) in [7, 11) is -1.76. The lowest BCUT2D eigenvalue weighted by Gasteiger charge is -2.01. The molecular weight excluding hydrogens is 228 g/mol. The van der Waals surface area contributed by atoms with Gasteiger partial charge in [-0.15, -0.1) is 12.4 Å². The summed E-state index contributed by atoms with van der Waals surface area (Å²) in [6.07, 6.45) is 2.72. The van der Waals surface area contributed by atoms with Crippen molar-refractivity contribution in [2.24, 2.45) is 12.8 Å². The predicted molar refractivity (Wildman–Crippen MR) is 54.7 cm³/mol. The van der Waals surface area contributed by atoms with Crippen LogP contribution >= 0.6 is 12.4 Å². The molecule has 0 aliphatic carbocycles. The van der Waals surface area contributed by atoms with Gasteiger partial charge in [0.1, 0.15) is 4.90 Å². The second-order valence-electron chi connectivity index (χ2n) is 2.54. The molecule has 82 valence electrons. The lowest BCUT2D eigenvalue weighted by molar-refractivity contribution is 0.582. The first-order valence-corrected chi connectivity index (χ1v) is 5.23. The Hall–Kier alpha value is -0.630. The van der Waals surface area contributed by atoms with Crippen molar-refractivity contribution in [2.45, 2.75) is 4.90 Å². The van der Waals surface area contributed by atoms with Crippen LogP contribution in [0.5, 0.6) is 0 Å². The minimum absolute atomic E-state index is 0. The number of rotatable bonds is 4. The van der Waals surface area contributed by atoms with E-state index in [-0.39, 0.29) is 30.4 Å². The van der Waals surface area contributed by atoms with E-state index in [1.165, 1.54) is 17.1 Å². The molecule has 0 spiro atoms. The summed E-state index contributed by atoms with van der Waals surface area (Å²) in [5, 5.41) is 3.76. The van der Waals surface area contributed by atoms with E-state index in [4.69, 9.17) is 5.73 Å². The van der Waals surface area contributed by atoms with Gasteiger partial charge in [0.25, 0.3) is 0 Å². The summed E-state index contributed by atoms with van der Waals surface area (Å²) >= 11 is 0. The van der Waals surface area contributed by atoms with Crippen molar-refractivity contribution < 1.29 is 8.42 Å². The molecular formula is C6H13ClN4O2S. The zero-order valence-corrected chi connectivity index (χ0v) is 9.31. The fourth-order valence-electron chi connectivity index (χ4n) is 0.814. The van der Waals surface area contributed by atoms with E-state index >= 15 is 0 Å². The Labute approximate surface area is 88.9 Å².